The average molecular weight is 992 g/mol. The van der Waals surface area contributed by atoms with Crippen molar-refractivity contribution in [2.24, 2.45) is 0 Å². The molecule has 402 valence electrons. The van der Waals surface area contributed by atoms with Gasteiger partial charge in [0, 0.05) is 19.3 Å². The third kappa shape index (κ3) is 56.0. The van der Waals surface area contributed by atoms with Crippen molar-refractivity contribution in [2.75, 3.05) is 13.2 Å². The Balaban J connectivity index is 4.28. The third-order valence-corrected chi connectivity index (χ3v) is 11.3. The second kappa shape index (κ2) is 58.6. The van der Waals surface area contributed by atoms with Gasteiger partial charge in [-0.15, -0.1) is 0 Å². The predicted octanol–water partition coefficient (Wildman–Crippen LogP) is 19.4. The molecular weight excluding hydrogens is 889 g/mol. The number of unbranched alkanes of at least 4 members (excludes halogenated alkanes) is 12. The van der Waals surface area contributed by atoms with Gasteiger partial charge in [0.15, 0.2) is 6.10 Å². The zero-order chi connectivity index (χ0) is 52.2. The van der Waals surface area contributed by atoms with E-state index in [1.54, 1.807) is 0 Å². The van der Waals surface area contributed by atoms with Gasteiger partial charge in [-0.2, -0.15) is 0 Å². The molecule has 0 fully saturated rings. The molecule has 0 saturated carbocycles. The predicted molar refractivity (Wildman–Crippen MR) is 311 cm³/mol. The molecule has 0 amide bonds. The van der Waals surface area contributed by atoms with E-state index in [-0.39, 0.29) is 37.5 Å². The van der Waals surface area contributed by atoms with E-state index < -0.39 is 6.10 Å². The summed E-state index contributed by atoms with van der Waals surface area (Å²) in [7, 11) is 0. The molecule has 0 saturated heterocycles. The summed E-state index contributed by atoms with van der Waals surface area (Å²) in [5, 5.41) is 0. The molecule has 0 rings (SSSR count). The molecule has 0 aliphatic rings. The van der Waals surface area contributed by atoms with Crippen LogP contribution in [0.4, 0.5) is 0 Å². The summed E-state index contributed by atoms with van der Waals surface area (Å²) in [5.41, 5.74) is 0. The van der Waals surface area contributed by atoms with Gasteiger partial charge >= 0.3 is 17.9 Å². The molecule has 1 unspecified atom stereocenters. The SMILES string of the molecule is CC/C=C\C/C=C\C/C=C\C/C=C\C/C=C\C/C=C\C/C=C\C/C=C\C/C=C\CCCCCC(=O)OCC(COC(=O)CCCCCCCC)OC(=O)CCCCCC/C=C\C/C=C\C/C=C\C/C=C\CC. The van der Waals surface area contributed by atoms with Gasteiger partial charge in [-0.05, 0) is 128 Å². The molecule has 1 atom stereocenters. The number of esters is 3. The van der Waals surface area contributed by atoms with Crippen LogP contribution < -0.4 is 0 Å². The quantitative estimate of drug-likeness (QED) is 0.0262. The maximum atomic E-state index is 12.8. The molecular formula is C66H102O6. The first kappa shape index (κ1) is 67.0. The Hall–Kier alpha value is -4.97. The van der Waals surface area contributed by atoms with Crippen molar-refractivity contribution in [1.82, 2.24) is 0 Å². The average Bonchev–Trinajstić information content (AvgIpc) is 3.38. The lowest BCUT2D eigenvalue weighted by molar-refractivity contribution is -0.167. The summed E-state index contributed by atoms with van der Waals surface area (Å²) in [6.07, 6.45) is 85.5. The van der Waals surface area contributed by atoms with E-state index in [1.165, 1.54) is 19.3 Å². The number of rotatable bonds is 49. The Bertz CT molecular complexity index is 1660. The number of hydrogen-bond donors (Lipinski definition) is 0. The second-order valence-corrected chi connectivity index (χ2v) is 18.1. The van der Waals surface area contributed by atoms with Crippen molar-refractivity contribution in [3.05, 3.63) is 158 Å². The van der Waals surface area contributed by atoms with Gasteiger partial charge < -0.3 is 14.2 Å². The van der Waals surface area contributed by atoms with E-state index in [0.717, 1.165) is 161 Å². The molecule has 0 N–H and O–H groups in total. The second-order valence-electron chi connectivity index (χ2n) is 18.1. The van der Waals surface area contributed by atoms with Crippen LogP contribution in [0, 0.1) is 0 Å². The molecule has 0 bridgehead atoms. The Morgan fingerprint density at radius 3 is 0.861 bits per heavy atom. The number of carbonyl (C=O) groups is 3. The van der Waals surface area contributed by atoms with Crippen molar-refractivity contribution in [2.45, 2.75) is 226 Å². The first-order chi connectivity index (χ1) is 35.5. The molecule has 0 aliphatic carbocycles. The molecule has 6 nitrogen and oxygen atoms in total. The van der Waals surface area contributed by atoms with Gasteiger partial charge in [0.05, 0.1) is 0 Å². The lowest BCUT2D eigenvalue weighted by atomic mass is 10.1. The molecule has 0 spiro atoms. The summed E-state index contributed by atoms with van der Waals surface area (Å²) >= 11 is 0. The lowest BCUT2D eigenvalue weighted by Gasteiger charge is -2.18. The monoisotopic (exact) mass is 991 g/mol. The van der Waals surface area contributed by atoms with Gasteiger partial charge in [-0.25, -0.2) is 0 Å². The molecule has 0 aromatic rings. The molecule has 0 heterocycles. The van der Waals surface area contributed by atoms with E-state index in [4.69, 9.17) is 14.2 Å². The van der Waals surface area contributed by atoms with Gasteiger partial charge in [0.2, 0.25) is 0 Å². The zero-order valence-corrected chi connectivity index (χ0v) is 45.9. The van der Waals surface area contributed by atoms with E-state index in [1.807, 2.05) is 0 Å². The van der Waals surface area contributed by atoms with Crippen molar-refractivity contribution >= 4 is 17.9 Å². The number of carbonyl (C=O) groups excluding carboxylic acids is 3. The van der Waals surface area contributed by atoms with Gasteiger partial charge in [0.25, 0.3) is 0 Å². The highest BCUT2D eigenvalue weighted by Crippen LogP contribution is 2.12. The topological polar surface area (TPSA) is 78.9 Å². The molecule has 72 heavy (non-hydrogen) atoms. The van der Waals surface area contributed by atoms with Crippen LogP contribution in [0.25, 0.3) is 0 Å². The summed E-state index contributed by atoms with van der Waals surface area (Å²) < 4.78 is 16.7. The minimum Gasteiger partial charge on any atom is -0.462 e. The van der Waals surface area contributed by atoms with Crippen LogP contribution in [-0.2, 0) is 28.6 Å². The zero-order valence-electron chi connectivity index (χ0n) is 45.9. The Morgan fingerprint density at radius 1 is 0.292 bits per heavy atom. The number of hydrogen-bond acceptors (Lipinski definition) is 6. The highest BCUT2D eigenvalue weighted by Gasteiger charge is 2.19. The van der Waals surface area contributed by atoms with Crippen LogP contribution in [0.2, 0.25) is 0 Å². The molecule has 0 aromatic heterocycles. The fourth-order valence-corrected chi connectivity index (χ4v) is 7.07. The summed E-state index contributed by atoms with van der Waals surface area (Å²) in [6.45, 7) is 6.28. The third-order valence-electron chi connectivity index (χ3n) is 11.3. The lowest BCUT2D eigenvalue weighted by Crippen LogP contribution is -2.30. The normalized spacial score (nSPS) is 13.3. The van der Waals surface area contributed by atoms with E-state index in [9.17, 15) is 14.4 Å². The van der Waals surface area contributed by atoms with Gasteiger partial charge in [0.1, 0.15) is 13.2 Å². The highest BCUT2D eigenvalue weighted by molar-refractivity contribution is 5.71. The summed E-state index contributed by atoms with van der Waals surface area (Å²) in [6, 6.07) is 0. The first-order valence-corrected chi connectivity index (χ1v) is 28.5. The van der Waals surface area contributed by atoms with Crippen molar-refractivity contribution in [1.29, 1.82) is 0 Å². The maximum Gasteiger partial charge on any atom is 0.306 e. The fourth-order valence-electron chi connectivity index (χ4n) is 7.07. The summed E-state index contributed by atoms with van der Waals surface area (Å²) in [4.78, 5) is 37.8. The van der Waals surface area contributed by atoms with Gasteiger partial charge in [-0.3, -0.25) is 14.4 Å². The first-order valence-electron chi connectivity index (χ1n) is 28.5. The largest absolute Gasteiger partial charge is 0.462 e. The Morgan fingerprint density at radius 2 is 0.542 bits per heavy atom. The van der Waals surface area contributed by atoms with E-state index >= 15 is 0 Å². The van der Waals surface area contributed by atoms with Gasteiger partial charge in [-0.1, -0.05) is 230 Å². The molecule has 0 radical (unpaired) electrons. The maximum absolute atomic E-state index is 12.8. The van der Waals surface area contributed by atoms with Crippen molar-refractivity contribution in [3.8, 4) is 0 Å². The summed E-state index contributed by atoms with van der Waals surface area (Å²) in [5.74, 6) is -0.985. The van der Waals surface area contributed by atoms with Crippen LogP contribution in [0.5, 0.6) is 0 Å². The number of ether oxygens (including phenoxy) is 3. The van der Waals surface area contributed by atoms with Crippen LogP contribution >= 0.6 is 0 Å². The smallest absolute Gasteiger partial charge is 0.306 e. The van der Waals surface area contributed by atoms with Crippen LogP contribution in [0.3, 0.4) is 0 Å². The van der Waals surface area contributed by atoms with E-state index in [0.29, 0.717) is 12.8 Å². The molecule has 0 aromatic carbocycles. The highest BCUT2D eigenvalue weighted by atomic mass is 16.6. The standard InChI is InChI=1S/C66H102O6/c1-4-7-10-13-16-18-20-22-24-26-27-28-29-30-31-32-33-34-35-36-37-38-39-41-42-44-46-48-50-53-56-59-65(68)71-62-63(61-70-64(67)58-55-52-15-12-9-6-3)72-66(69)60-57-54-51-49-47-45-43-40-25-23-21-19-17-14-11-8-5-2/h7-8,10-11,16-19,22-25,27-28,30-31,33-34,36-37,39,41,43-46,63H,4-6,9,12-15,20-21,26,29,32,35,38,40,42,47-62H2,1-3H3/b10-7-,11-8-,18-16-,19-17-,24-22-,25-23-,28-27-,31-30-,34-33-,37-36-,41-39-,45-43-,46-44-. The molecule has 0 aliphatic heterocycles. The Labute approximate surface area is 441 Å². The number of allylic oxidation sites excluding steroid dienone is 26. The fraction of sp³-hybridized carbons (Fsp3) is 0.561. The molecule has 6 heteroatoms. The van der Waals surface area contributed by atoms with Crippen LogP contribution in [-0.4, -0.2) is 37.2 Å². The van der Waals surface area contributed by atoms with E-state index in [2.05, 4.69) is 179 Å². The Kier molecular flexibility index (Phi) is 54.6. The minimum atomic E-state index is -0.809. The van der Waals surface area contributed by atoms with Crippen LogP contribution in [0.1, 0.15) is 220 Å². The van der Waals surface area contributed by atoms with Crippen LogP contribution in [0.15, 0.2) is 158 Å². The minimum absolute atomic E-state index is 0.105. The van der Waals surface area contributed by atoms with Crippen molar-refractivity contribution in [3.63, 3.8) is 0 Å². The van der Waals surface area contributed by atoms with Crippen molar-refractivity contribution < 1.29 is 28.6 Å².